The number of carbonyl (C=O) groups excluding carboxylic acids is 3. The van der Waals surface area contributed by atoms with E-state index in [0.29, 0.717) is 11.6 Å². The smallest absolute Gasteiger partial charge is 0.310 e. The molecular formula is C14H22N6O4. The number of nitrogens with two attached hydrogens (primary N) is 1. The first-order valence-electron chi connectivity index (χ1n) is 6.81. The molecule has 0 aliphatic rings. The van der Waals surface area contributed by atoms with Crippen molar-refractivity contribution in [1.29, 1.82) is 0 Å². The third-order valence-electron chi connectivity index (χ3n) is 2.04. The predicted octanol–water partition coefficient (Wildman–Crippen LogP) is 0.477. The van der Waals surface area contributed by atoms with E-state index in [2.05, 4.69) is 20.3 Å². The molecule has 2 heterocycles. The van der Waals surface area contributed by atoms with Gasteiger partial charge in [-0.05, 0) is 6.07 Å². The molecule has 0 atom stereocenters. The van der Waals surface area contributed by atoms with Gasteiger partial charge in [0.15, 0.2) is 5.82 Å². The van der Waals surface area contributed by atoms with Crippen LogP contribution in [0.3, 0.4) is 0 Å². The lowest BCUT2D eigenvalue weighted by molar-refractivity contribution is -0.156. The van der Waals surface area contributed by atoms with E-state index >= 15 is 0 Å². The second-order valence-corrected chi connectivity index (χ2v) is 4.56. The summed E-state index contributed by atoms with van der Waals surface area (Å²) >= 11 is 0. The minimum Gasteiger partial charge on any atom is -0.394 e. The molecule has 0 aliphatic carbocycles. The monoisotopic (exact) mass is 338 g/mol. The van der Waals surface area contributed by atoms with Gasteiger partial charge in [0.2, 0.25) is 5.91 Å². The highest BCUT2D eigenvalue weighted by atomic mass is 16.6. The maximum Gasteiger partial charge on any atom is 0.310 e. The number of nitrogens with zero attached hydrogens (tertiary/aromatic N) is 4. The first-order chi connectivity index (χ1) is 11.1. The minimum absolute atomic E-state index is 0.0984. The number of nitrogens with one attached hydrogen (secondary N) is 1. The summed E-state index contributed by atoms with van der Waals surface area (Å²) in [4.78, 5) is 30.1. The molecule has 2 rings (SSSR count). The standard InChI is InChI=1S/C6H9N3O.C4H7N3.C4H6O3/c1-5(10)7-6-3-4-9(2)8-6;1-7-3-2-4(5)6-7;1-3(5)7-4(2)6/h3-4H,1-2H3,(H,7,8,10);2-3H,1H3,(H2,5,6);1-2H3. The Morgan fingerprint density at radius 1 is 1.00 bits per heavy atom. The summed E-state index contributed by atoms with van der Waals surface area (Å²) in [6.07, 6.45) is 3.57. The number of esters is 2. The van der Waals surface area contributed by atoms with Crippen LogP contribution < -0.4 is 11.1 Å². The van der Waals surface area contributed by atoms with E-state index in [1.165, 1.54) is 20.8 Å². The molecule has 0 fully saturated rings. The zero-order valence-corrected chi connectivity index (χ0v) is 14.3. The van der Waals surface area contributed by atoms with Gasteiger partial charge in [-0.3, -0.25) is 23.7 Å². The average Bonchev–Trinajstić information content (AvgIpc) is 2.97. The number of hydrogen-bond donors (Lipinski definition) is 2. The van der Waals surface area contributed by atoms with Gasteiger partial charge < -0.3 is 15.8 Å². The lowest BCUT2D eigenvalue weighted by Crippen LogP contribution is -2.06. The fraction of sp³-hybridized carbons (Fsp3) is 0.357. The Hall–Kier alpha value is -3.17. The average molecular weight is 338 g/mol. The lowest BCUT2D eigenvalue weighted by atomic mass is 10.6. The van der Waals surface area contributed by atoms with Crippen molar-refractivity contribution in [3.63, 3.8) is 0 Å². The van der Waals surface area contributed by atoms with Gasteiger partial charge in [0.25, 0.3) is 0 Å². The number of aromatic nitrogens is 4. The first kappa shape index (κ1) is 20.8. The van der Waals surface area contributed by atoms with Gasteiger partial charge in [0.05, 0.1) is 0 Å². The minimum atomic E-state index is -0.562. The molecule has 2 aromatic rings. The molecule has 0 unspecified atom stereocenters. The Morgan fingerprint density at radius 3 is 1.71 bits per heavy atom. The Balaban J connectivity index is 0.000000340. The van der Waals surface area contributed by atoms with Crippen LogP contribution in [0.2, 0.25) is 0 Å². The topological polar surface area (TPSA) is 134 Å². The quantitative estimate of drug-likeness (QED) is 0.570. The number of nitrogen functional groups attached to an aromatic ring is 1. The highest BCUT2D eigenvalue weighted by Gasteiger charge is 1.96. The third kappa shape index (κ3) is 11.5. The van der Waals surface area contributed by atoms with Crippen LogP contribution in [-0.2, 0) is 33.2 Å². The molecule has 0 aromatic carbocycles. The van der Waals surface area contributed by atoms with E-state index in [9.17, 15) is 14.4 Å². The Kier molecular flexibility index (Phi) is 9.15. The molecule has 0 saturated carbocycles. The molecule has 0 saturated heterocycles. The fourth-order valence-electron chi connectivity index (χ4n) is 1.30. The van der Waals surface area contributed by atoms with Crippen LogP contribution >= 0.6 is 0 Å². The zero-order chi connectivity index (χ0) is 18.7. The van der Waals surface area contributed by atoms with Crippen molar-refractivity contribution in [2.24, 2.45) is 14.1 Å². The van der Waals surface area contributed by atoms with Gasteiger partial charge in [0, 0.05) is 53.3 Å². The van der Waals surface area contributed by atoms with E-state index in [4.69, 9.17) is 5.73 Å². The normalized spacial score (nSPS) is 8.88. The molecule has 0 radical (unpaired) electrons. The van der Waals surface area contributed by atoms with Crippen LogP contribution in [-0.4, -0.2) is 37.4 Å². The van der Waals surface area contributed by atoms with Gasteiger partial charge in [-0.15, -0.1) is 0 Å². The predicted molar refractivity (Wildman–Crippen MR) is 87.6 cm³/mol. The van der Waals surface area contributed by atoms with E-state index < -0.39 is 11.9 Å². The fourth-order valence-corrected chi connectivity index (χ4v) is 1.30. The maximum absolute atomic E-state index is 10.5. The molecule has 1 amide bonds. The van der Waals surface area contributed by atoms with Crippen molar-refractivity contribution in [2.45, 2.75) is 20.8 Å². The molecule has 10 heteroatoms. The van der Waals surface area contributed by atoms with Gasteiger partial charge in [-0.1, -0.05) is 0 Å². The highest BCUT2D eigenvalue weighted by Crippen LogP contribution is 1.99. The number of rotatable bonds is 1. The van der Waals surface area contributed by atoms with E-state index in [1.807, 2.05) is 7.05 Å². The molecular weight excluding hydrogens is 316 g/mol. The van der Waals surface area contributed by atoms with Crippen molar-refractivity contribution in [3.05, 3.63) is 24.5 Å². The number of anilines is 2. The van der Waals surface area contributed by atoms with E-state index in [-0.39, 0.29) is 5.91 Å². The summed E-state index contributed by atoms with van der Waals surface area (Å²) in [6.45, 7) is 3.82. The largest absolute Gasteiger partial charge is 0.394 e. The van der Waals surface area contributed by atoms with Crippen LogP contribution in [0.15, 0.2) is 24.5 Å². The summed E-state index contributed by atoms with van der Waals surface area (Å²) in [5, 5.41) is 10.3. The summed E-state index contributed by atoms with van der Waals surface area (Å²) in [6, 6.07) is 3.49. The van der Waals surface area contributed by atoms with Crippen LogP contribution in [0, 0.1) is 0 Å². The second-order valence-electron chi connectivity index (χ2n) is 4.56. The molecule has 0 bridgehead atoms. The van der Waals surface area contributed by atoms with E-state index in [1.54, 1.807) is 40.9 Å². The number of carbonyl (C=O) groups is 3. The molecule has 3 N–H and O–H groups in total. The lowest BCUT2D eigenvalue weighted by Gasteiger charge is -1.92. The third-order valence-corrected chi connectivity index (χ3v) is 2.04. The van der Waals surface area contributed by atoms with E-state index in [0.717, 1.165) is 0 Å². The molecule has 0 spiro atoms. The number of amides is 1. The van der Waals surface area contributed by atoms with Crippen molar-refractivity contribution < 1.29 is 19.1 Å². The number of hydrogen-bond acceptors (Lipinski definition) is 7. The van der Waals surface area contributed by atoms with Gasteiger partial charge in [0.1, 0.15) is 5.82 Å². The Labute approximate surface area is 139 Å². The van der Waals surface area contributed by atoms with Crippen LogP contribution in [0.1, 0.15) is 20.8 Å². The molecule has 132 valence electrons. The summed E-state index contributed by atoms with van der Waals surface area (Å²) in [5.41, 5.74) is 5.25. The highest BCUT2D eigenvalue weighted by molar-refractivity contribution is 5.87. The second kappa shape index (κ2) is 10.5. The van der Waals surface area contributed by atoms with Gasteiger partial charge >= 0.3 is 11.9 Å². The number of aryl methyl sites for hydroxylation is 2. The van der Waals surface area contributed by atoms with Gasteiger partial charge in [-0.2, -0.15) is 10.2 Å². The zero-order valence-electron chi connectivity index (χ0n) is 14.3. The summed E-state index contributed by atoms with van der Waals surface area (Å²) in [5.74, 6) is -0.0591. The Morgan fingerprint density at radius 2 is 1.50 bits per heavy atom. The SMILES string of the molecule is CC(=O)Nc1ccn(C)n1.CC(=O)OC(C)=O.Cn1ccc(N)n1. The first-order valence-corrected chi connectivity index (χ1v) is 6.81. The van der Waals surface area contributed by atoms with Crippen molar-refractivity contribution in [3.8, 4) is 0 Å². The Bertz CT molecular complexity index is 648. The van der Waals surface area contributed by atoms with Crippen LogP contribution in [0.5, 0.6) is 0 Å². The van der Waals surface area contributed by atoms with Crippen LogP contribution in [0.4, 0.5) is 11.6 Å². The summed E-state index contributed by atoms with van der Waals surface area (Å²) < 4.78 is 7.26. The molecule has 2 aromatic heterocycles. The van der Waals surface area contributed by atoms with Crippen molar-refractivity contribution in [2.75, 3.05) is 11.1 Å². The van der Waals surface area contributed by atoms with Crippen LogP contribution in [0.25, 0.3) is 0 Å². The van der Waals surface area contributed by atoms with Crippen molar-refractivity contribution >= 4 is 29.5 Å². The molecule has 24 heavy (non-hydrogen) atoms. The van der Waals surface area contributed by atoms with Gasteiger partial charge in [-0.25, -0.2) is 0 Å². The van der Waals surface area contributed by atoms with Crippen molar-refractivity contribution in [1.82, 2.24) is 19.6 Å². The molecule has 10 nitrogen and oxygen atoms in total. The molecule has 0 aliphatic heterocycles. The summed E-state index contributed by atoms with van der Waals surface area (Å²) in [7, 11) is 3.63. The number of ether oxygens (including phenoxy) is 1. The maximum atomic E-state index is 10.5.